The molecule has 4 nitrogen and oxygen atoms in total. The molecule has 7 heavy (non-hydrogen) atoms. The Bertz CT molecular complexity index is 41.5. The zero-order chi connectivity index (χ0) is 3.58. The van der Waals surface area contributed by atoms with Crippen molar-refractivity contribution in [2.45, 2.75) is 0 Å². The second-order valence-electron chi connectivity index (χ2n) is 0.283. The maximum atomic E-state index is 8.74. The van der Waals surface area contributed by atoms with Gasteiger partial charge in [-0.3, -0.25) is 4.46 Å². The Kier molecular flexibility index (Phi) is 52.2. The summed E-state index contributed by atoms with van der Waals surface area (Å²) in [6.45, 7) is 0. The number of hydrogen-bond donors (Lipinski definition) is 2. The van der Waals surface area contributed by atoms with Crippen LogP contribution >= 0.6 is 0 Å². The first-order valence-electron chi connectivity index (χ1n) is 0.651. The van der Waals surface area contributed by atoms with E-state index >= 15 is 0 Å². The molecule has 4 N–H and O–H groups in total. The molecule has 0 saturated heterocycles. The second kappa shape index (κ2) is 15.6. The average molecular weight is 265 g/mol. The standard InChI is InChI=1S/Al.Ba.H2O3Si.H2O.5H/c;;1-4(2)3;;;;;;/h;;1-2H;1H2;;;;;/q;+2;;;;;;2*-1. The minimum Gasteiger partial charge on any atom is -1.00 e. The molecule has 0 radical (unpaired) electrons. The summed E-state index contributed by atoms with van der Waals surface area (Å²) >= 11 is 0. The topological polar surface area (TPSA) is 89.0 Å². The summed E-state index contributed by atoms with van der Waals surface area (Å²) < 4.78 is 8.74. The average Bonchev–Trinajstić information content (AvgIpc) is 0.811. The Morgan fingerprint density at radius 2 is 1.43 bits per heavy atom. The van der Waals surface area contributed by atoms with E-state index in [2.05, 4.69) is 0 Å². The zero-order valence-electron chi connectivity index (χ0n) is 5.01. The van der Waals surface area contributed by atoms with E-state index in [9.17, 15) is 0 Å². The fourth-order valence-electron chi connectivity index (χ4n) is 0. The van der Waals surface area contributed by atoms with Gasteiger partial charge in [0, 0.05) is 0 Å². The molecule has 0 spiro atoms. The number of hydrogen-bond acceptors (Lipinski definition) is 1. The molecular formula is H9AlBaO4Si. The van der Waals surface area contributed by atoms with Crippen molar-refractivity contribution in [1.82, 2.24) is 0 Å². The number of rotatable bonds is 0. The molecule has 0 aliphatic rings. The van der Waals surface area contributed by atoms with Crippen LogP contribution in [-0.2, 0) is 4.46 Å². The first kappa shape index (κ1) is 23.4. The van der Waals surface area contributed by atoms with Crippen molar-refractivity contribution < 1.29 is 22.4 Å². The van der Waals surface area contributed by atoms with E-state index in [1.165, 1.54) is 0 Å². The van der Waals surface area contributed by atoms with Crippen molar-refractivity contribution in [3.8, 4) is 0 Å². The summed E-state index contributed by atoms with van der Waals surface area (Å²) in [7, 11) is -3.13. The monoisotopic (exact) mass is 266 g/mol. The second-order valence-corrected chi connectivity index (χ2v) is 0.848. The maximum absolute atomic E-state index is 8.74. The van der Waals surface area contributed by atoms with Gasteiger partial charge < -0.3 is 17.9 Å². The Morgan fingerprint density at radius 1 is 1.43 bits per heavy atom. The Hall–Kier alpha value is 1.68. The van der Waals surface area contributed by atoms with Gasteiger partial charge in [-0.05, 0) is 0 Å². The fraction of sp³-hybridized carbons (Fsp3) is 0. The molecule has 0 aliphatic heterocycles. The minimum absolute atomic E-state index is 0. The van der Waals surface area contributed by atoms with Crippen LogP contribution in [0.15, 0.2) is 0 Å². The van der Waals surface area contributed by atoms with Crippen LogP contribution in [0, 0.1) is 0 Å². The van der Waals surface area contributed by atoms with E-state index in [1.54, 1.807) is 0 Å². The summed E-state index contributed by atoms with van der Waals surface area (Å²) in [4.78, 5) is 14.3. The summed E-state index contributed by atoms with van der Waals surface area (Å²) in [6.07, 6.45) is 0. The zero-order valence-corrected chi connectivity index (χ0v) is 8.45. The summed E-state index contributed by atoms with van der Waals surface area (Å²) in [5.41, 5.74) is 0. The molecule has 0 bridgehead atoms. The van der Waals surface area contributed by atoms with Gasteiger partial charge in [0.05, 0.1) is 0 Å². The molecule has 0 atom stereocenters. The van der Waals surface area contributed by atoms with Gasteiger partial charge in [0.15, 0.2) is 17.4 Å². The molecular weight excluding hydrogens is 256 g/mol. The van der Waals surface area contributed by atoms with E-state index in [4.69, 9.17) is 14.1 Å². The molecule has 0 fully saturated rings. The van der Waals surface area contributed by atoms with Gasteiger partial charge in [0.2, 0.25) is 0 Å². The molecule has 0 aliphatic carbocycles. The molecule has 0 saturated carbocycles. The summed E-state index contributed by atoms with van der Waals surface area (Å²) in [6, 6.07) is 0. The third kappa shape index (κ3) is 87.7. The van der Waals surface area contributed by atoms with Crippen molar-refractivity contribution in [2.75, 3.05) is 0 Å². The Morgan fingerprint density at radius 3 is 1.43 bits per heavy atom. The molecule has 0 rings (SSSR count). The minimum atomic E-state index is -3.13. The van der Waals surface area contributed by atoms with Crippen LogP contribution in [0.4, 0.5) is 0 Å². The smallest absolute Gasteiger partial charge is 1.00 e. The summed E-state index contributed by atoms with van der Waals surface area (Å²) in [5.74, 6) is 0. The van der Waals surface area contributed by atoms with E-state index in [0.29, 0.717) is 0 Å². The van der Waals surface area contributed by atoms with E-state index in [0.717, 1.165) is 0 Å². The van der Waals surface area contributed by atoms with Gasteiger partial charge >= 0.3 is 58.1 Å². The van der Waals surface area contributed by atoms with Crippen molar-refractivity contribution in [3.63, 3.8) is 0 Å². The molecule has 0 heterocycles. The van der Waals surface area contributed by atoms with Crippen molar-refractivity contribution >= 4 is 75.4 Å². The largest absolute Gasteiger partial charge is 2.00 e. The third-order valence-corrected chi connectivity index (χ3v) is 0. The molecule has 42 valence electrons. The van der Waals surface area contributed by atoms with Crippen LogP contribution in [0.2, 0.25) is 0 Å². The quantitative estimate of drug-likeness (QED) is 0.441. The first-order chi connectivity index (χ1) is 1.73. The van der Waals surface area contributed by atoms with Gasteiger partial charge in [-0.15, -0.1) is 0 Å². The molecule has 0 aromatic carbocycles. The predicted molar refractivity (Wildman–Crippen MR) is 32.4 cm³/mol. The van der Waals surface area contributed by atoms with Gasteiger partial charge in [0.25, 0.3) is 0 Å². The Balaban J connectivity index is -0.00000000450. The van der Waals surface area contributed by atoms with Crippen molar-refractivity contribution in [3.05, 3.63) is 0 Å². The van der Waals surface area contributed by atoms with Crippen LogP contribution < -0.4 is 0 Å². The van der Waals surface area contributed by atoms with Gasteiger partial charge in [-0.1, -0.05) is 0 Å². The molecule has 0 unspecified atom stereocenters. The molecule has 7 heteroatoms. The van der Waals surface area contributed by atoms with Crippen LogP contribution in [0.3, 0.4) is 0 Å². The van der Waals surface area contributed by atoms with Crippen LogP contribution in [0.1, 0.15) is 2.85 Å². The first-order valence-corrected chi connectivity index (χ1v) is 1.95. The van der Waals surface area contributed by atoms with Crippen molar-refractivity contribution in [2.24, 2.45) is 0 Å². The van der Waals surface area contributed by atoms with E-state index < -0.39 is 9.17 Å². The molecule has 0 amide bonds. The maximum Gasteiger partial charge on any atom is 2.00 e. The predicted octanol–water partition coefficient (Wildman–Crippen LogP) is -3.78. The van der Waals surface area contributed by atoms with Gasteiger partial charge in [-0.2, -0.15) is 0 Å². The molecule has 0 aromatic rings. The summed E-state index contributed by atoms with van der Waals surface area (Å²) in [5, 5.41) is 0. The SMILES string of the molecule is O.O=[Si](O)O.[AlH3].[Ba+2].[H-].[H-]. The molecule has 0 aromatic heterocycles. The van der Waals surface area contributed by atoms with Gasteiger partial charge in [-0.25, -0.2) is 0 Å². The normalized spacial score (nSPS) is 3.43. The Labute approximate surface area is 96.3 Å². The third-order valence-electron chi connectivity index (χ3n) is 0. The van der Waals surface area contributed by atoms with E-state index in [-0.39, 0.29) is 74.6 Å². The fourth-order valence-corrected chi connectivity index (χ4v) is 0. The van der Waals surface area contributed by atoms with E-state index in [1.807, 2.05) is 0 Å². The van der Waals surface area contributed by atoms with Crippen LogP contribution in [0.25, 0.3) is 0 Å². The van der Waals surface area contributed by atoms with Crippen LogP contribution in [0.5, 0.6) is 0 Å². The van der Waals surface area contributed by atoms with Gasteiger partial charge in [0.1, 0.15) is 0 Å². The van der Waals surface area contributed by atoms with Crippen molar-refractivity contribution in [1.29, 1.82) is 0 Å². The van der Waals surface area contributed by atoms with Crippen LogP contribution in [-0.4, -0.2) is 90.5 Å².